The Labute approximate surface area is 165 Å². The lowest BCUT2D eigenvalue weighted by Gasteiger charge is -2.09. The largest absolute Gasteiger partial charge is 0.348 e. The molecule has 28 heavy (non-hydrogen) atoms. The SMILES string of the molecule is CCCC(=O)Nc1cccc(CNC(=O)c2ccc(-c3ccccc3)cc2)c1. The van der Waals surface area contributed by atoms with Gasteiger partial charge < -0.3 is 10.6 Å². The maximum absolute atomic E-state index is 12.4. The number of rotatable bonds is 7. The van der Waals surface area contributed by atoms with E-state index in [1.165, 1.54) is 0 Å². The summed E-state index contributed by atoms with van der Waals surface area (Å²) in [7, 11) is 0. The Balaban J connectivity index is 1.59. The smallest absolute Gasteiger partial charge is 0.251 e. The van der Waals surface area contributed by atoms with Crippen LogP contribution in [0.3, 0.4) is 0 Å². The number of hydrogen-bond donors (Lipinski definition) is 2. The van der Waals surface area contributed by atoms with Crippen molar-refractivity contribution < 1.29 is 9.59 Å². The Morgan fingerprint density at radius 1 is 0.821 bits per heavy atom. The normalized spacial score (nSPS) is 10.3. The topological polar surface area (TPSA) is 58.2 Å². The number of benzene rings is 3. The lowest BCUT2D eigenvalue weighted by Crippen LogP contribution is -2.22. The van der Waals surface area contributed by atoms with Crippen LogP contribution in [0.5, 0.6) is 0 Å². The Morgan fingerprint density at radius 3 is 2.25 bits per heavy atom. The third kappa shape index (κ3) is 5.30. The molecule has 0 spiro atoms. The zero-order valence-corrected chi connectivity index (χ0v) is 15.9. The van der Waals surface area contributed by atoms with E-state index in [1.807, 2.05) is 85.8 Å². The molecule has 2 N–H and O–H groups in total. The minimum Gasteiger partial charge on any atom is -0.348 e. The number of anilines is 1. The fraction of sp³-hybridized carbons (Fsp3) is 0.167. The van der Waals surface area contributed by atoms with E-state index in [2.05, 4.69) is 10.6 Å². The number of carbonyl (C=O) groups excluding carboxylic acids is 2. The minimum atomic E-state index is -0.125. The van der Waals surface area contributed by atoms with Crippen molar-refractivity contribution in [3.63, 3.8) is 0 Å². The fourth-order valence-electron chi connectivity index (χ4n) is 2.94. The highest BCUT2D eigenvalue weighted by Crippen LogP contribution is 2.19. The van der Waals surface area contributed by atoms with E-state index in [1.54, 1.807) is 0 Å². The third-order valence-corrected chi connectivity index (χ3v) is 4.40. The second-order valence-electron chi connectivity index (χ2n) is 6.62. The van der Waals surface area contributed by atoms with Gasteiger partial charge in [0.15, 0.2) is 0 Å². The number of amides is 2. The van der Waals surface area contributed by atoms with E-state index in [-0.39, 0.29) is 11.8 Å². The van der Waals surface area contributed by atoms with Gasteiger partial charge in [0, 0.05) is 24.2 Å². The van der Waals surface area contributed by atoms with Gasteiger partial charge in [-0.05, 0) is 47.4 Å². The molecule has 0 aliphatic carbocycles. The summed E-state index contributed by atoms with van der Waals surface area (Å²) in [6.07, 6.45) is 1.31. The molecule has 4 nitrogen and oxygen atoms in total. The van der Waals surface area contributed by atoms with E-state index < -0.39 is 0 Å². The molecule has 0 aliphatic rings. The second kappa shape index (κ2) is 9.51. The Morgan fingerprint density at radius 2 is 1.54 bits per heavy atom. The standard InChI is InChI=1S/C24H24N2O2/c1-2-7-23(27)26-22-11-6-8-18(16-22)17-25-24(28)21-14-12-20(13-15-21)19-9-4-3-5-10-19/h3-6,8-16H,2,7,17H2,1H3,(H,25,28)(H,26,27). The lowest BCUT2D eigenvalue weighted by atomic mass is 10.0. The maximum atomic E-state index is 12.4. The second-order valence-corrected chi connectivity index (χ2v) is 6.62. The summed E-state index contributed by atoms with van der Waals surface area (Å²) in [6.45, 7) is 2.37. The van der Waals surface area contributed by atoms with Crippen molar-refractivity contribution in [3.8, 4) is 11.1 Å². The van der Waals surface area contributed by atoms with Gasteiger partial charge in [-0.2, -0.15) is 0 Å². The first-order chi connectivity index (χ1) is 13.7. The van der Waals surface area contributed by atoms with Crippen LogP contribution in [-0.2, 0) is 11.3 Å². The molecule has 0 radical (unpaired) electrons. The van der Waals surface area contributed by atoms with Gasteiger partial charge in [0.1, 0.15) is 0 Å². The highest BCUT2D eigenvalue weighted by molar-refractivity contribution is 5.94. The molecular weight excluding hydrogens is 348 g/mol. The van der Waals surface area contributed by atoms with Crippen molar-refractivity contribution in [3.05, 3.63) is 90.0 Å². The van der Waals surface area contributed by atoms with Crippen LogP contribution < -0.4 is 10.6 Å². The summed E-state index contributed by atoms with van der Waals surface area (Å²) in [6, 6.07) is 25.2. The van der Waals surface area contributed by atoms with Crippen LogP contribution in [0.1, 0.15) is 35.7 Å². The molecule has 0 saturated heterocycles. The lowest BCUT2D eigenvalue weighted by molar-refractivity contribution is -0.116. The third-order valence-electron chi connectivity index (χ3n) is 4.40. The molecule has 4 heteroatoms. The highest BCUT2D eigenvalue weighted by Gasteiger charge is 2.07. The predicted octanol–water partition coefficient (Wildman–Crippen LogP) is 5.02. The molecule has 3 aromatic rings. The number of nitrogens with one attached hydrogen (secondary N) is 2. The fourth-order valence-corrected chi connectivity index (χ4v) is 2.94. The van der Waals surface area contributed by atoms with E-state index in [4.69, 9.17) is 0 Å². The van der Waals surface area contributed by atoms with Crippen molar-refractivity contribution in [1.82, 2.24) is 5.32 Å². The maximum Gasteiger partial charge on any atom is 0.251 e. The summed E-state index contributed by atoms with van der Waals surface area (Å²) < 4.78 is 0. The molecule has 3 aromatic carbocycles. The molecular formula is C24H24N2O2. The molecule has 0 aromatic heterocycles. The van der Waals surface area contributed by atoms with Gasteiger partial charge in [0.2, 0.25) is 5.91 Å². The van der Waals surface area contributed by atoms with Crippen LogP contribution in [0.2, 0.25) is 0 Å². The van der Waals surface area contributed by atoms with E-state index >= 15 is 0 Å². The average Bonchev–Trinajstić information content (AvgIpc) is 2.73. The Bertz CT molecular complexity index is 934. The minimum absolute atomic E-state index is 0.00203. The first-order valence-electron chi connectivity index (χ1n) is 9.48. The monoisotopic (exact) mass is 372 g/mol. The summed E-state index contributed by atoms with van der Waals surface area (Å²) >= 11 is 0. The Kier molecular flexibility index (Phi) is 6.58. The number of carbonyl (C=O) groups is 2. The quantitative estimate of drug-likeness (QED) is 0.612. The molecule has 3 rings (SSSR count). The molecule has 0 heterocycles. The van der Waals surface area contributed by atoms with E-state index in [0.29, 0.717) is 18.5 Å². The van der Waals surface area contributed by atoms with Gasteiger partial charge in [-0.1, -0.05) is 61.5 Å². The number of hydrogen-bond acceptors (Lipinski definition) is 2. The van der Waals surface area contributed by atoms with Gasteiger partial charge in [0.25, 0.3) is 5.91 Å². The van der Waals surface area contributed by atoms with E-state index in [9.17, 15) is 9.59 Å². The predicted molar refractivity (Wildman–Crippen MR) is 113 cm³/mol. The van der Waals surface area contributed by atoms with Crippen molar-refractivity contribution in [2.75, 3.05) is 5.32 Å². The van der Waals surface area contributed by atoms with Gasteiger partial charge in [-0.15, -0.1) is 0 Å². The van der Waals surface area contributed by atoms with Gasteiger partial charge in [0.05, 0.1) is 0 Å². The molecule has 0 atom stereocenters. The molecule has 0 bridgehead atoms. The van der Waals surface area contributed by atoms with Crippen molar-refractivity contribution in [1.29, 1.82) is 0 Å². The van der Waals surface area contributed by atoms with Gasteiger partial charge >= 0.3 is 0 Å². The van der Waals surface area contributed by atoms with Gasteiger partial charge in [-0.3, -0.25) is 9.59 Å². The van der Waals surface area contributed by atoms with Crippen LogP contribution in [0.4, 0.5) is 5.69 Å². The molecule has 142 valence electrons. The Hall–Kier alpha value is -3.40. The zero-order valence-electron chi connectivity index (χ0n) is 15.9. The molecule has 0 aliphatic heterocycles. The molecule has 2 amide bonds. The van der Waals surface area contributed by atoms with Crippen LogP contribution in [0.15, 0.2) is 78.9 Å². The summed E-state index contributed by atoms with van der Waals surface area (Å²) in [5.41, 5.74) is 4.50. The first kappa shape index (κ1) is 19.4. The zero-order chi connectivity index (χ0) is 19.8. The van der Waals surface area contributed by atoms with Gasteiger partial charge in [-0.25, -0.2) is 0 Å². The van der Waals surface area contributed by atoms with Crippen LogP contribution >= 0.6 is 0 Å². The van der Waals surface area contributed by atoms with Crippen molar-refractivity contribution in [2.24, 2.45) is 0 Å². The van der Waals surface area contributed by atoms with Crippen molar-refractivity contribution >= 4 is 17.5 Å². The molecule has 0 unspecified atom stereocenters. The van der Waals surface area contributed by atoms with Crippen molar-refractivity contribution in [2.45, 2.75) is 26.3 Å². The van der Waals surface area contributed by atoms with Crippen LogP contribution in [-0.4, -0.2) is 11.8 Å². The molecule has 0 fully saturated rings. The molecule has 0 saturated carbocycles. The summed E-state index contributed by atoms with van der Waals surface area (Å²) in [5, 5.41) is 5.80. The van der Waals surface area contributed by atoms with E-state index in [0.717, 1.165) is 28.8 Å². The summed E-state index contributed by atoms with van der Waals surface area (Å²) in [5.74, 6) is -0.123. The van der Waals surface area contributed by atoms with Crippen LogP contribution in [0.25, 0.3) is 11.1 Å². The average molecular weight is 372 g/mol. The first-order valence-corrected chi connectivity index (χ1v) is 9.48. The van der Waals surface area contributed by atoms with Crippen LogP contribution in [0, 0.1) is 0 Å². The summed E-state index contributed by atoms with van der Waals surface area (Å²) in [4.78, 5) is 24.2. The highest BCUT2D eigenvalue weighted by atomic mass is 16.2.